The SMILES string of the molecule is Cc1cc([N+](=O)[O-])c(Cl)cc1NCCCCCCO. The van der Waals surface area contributed by atoms with Crippen LogP contribution < -0.4 is 5.32 Å². The van der Waals surface area contributed by atoms with Crippen molar-refractivity contribution < 1.29 is 10.0 Å². The number of nitrogens with one attached hydrogen (secondary N) is 1. The van der Waals surface area contributed by atoms with Crippen molar-refractivity contribution in [2.45, 2.75) is 32.6 Å². The molecule has 1 aromatic carbocycles. The van der Waals surface area contributed by atoms with Gasteiger partial charge >= 0.3 is 0 Å². The zero-order valence-electron chi connectivity index (χ0n) is 11.0. The smallest absolute Gasteiger partial charge is 0.288 e. The summed E-state index contributed by atoms with van der Waals surface area (Å²) in [5.41, 5.74) is 1.58. The van der Waals surface area contributed by atoms with Gasteiger partial charge in [0.2, 0.25) is 0 Å². The number of nitrogens with zero attached hydrogens (tertiary/aromatic N) is 1. The number of aryl methyl sites for hydroxylation is 1. The number of halogens is 1. The fraction of sp³-hybridized carbons (Fsp3) is 0.538. The third-order valence-electron chi connectivity index (χ3n) is 2.89. The van der Waals surface area contributed by atoms with Gasteiger partial charge in [-0.3, -0.25) is 10.1 Å². The van der Waals surface area contributed by atoms with E-state index in [0.717, 1.165) is 43.5 Å². The largest absolute Gasteiger partial charge is 0.396 e. The second kappa shape index (κ2) is 7.96. The highest BCUT2D eigenvalue weighted by Gasteiger charge is 2.14. The maximum atomic E-state index is 10.7. The quantitative estimate of drug-likeness (QED) is 0.435. The molecule has 0 atom stereocenters. The summed E-state index contributed by atoms with van der Waals surface area (Å²) in [4.78, 5) is 10.2. The van der Waals surface area contributed by atoms with Crippen molar-refractivity contribution in [2.24, 2.45) is 0 Å². The molecule has 0 aromatic heterocycles. The molecule has 0 heterocycles. The molecule has 6 heteroatoms. The van der Waals surface area contributed by atoms with Crippen LogP contribution in [0.1, 0.15) is 31.2 Å². The highest BCUT2D eigenvalue weighted by atomic mass is 35.5. The molecule has 0 saturated carbocycles. The number of benzene rings is 1. The third-order valence-corrected chi connectivity index (χ3v) is 3.19. The Labute approximate surface area is 117 Å². The summed E-state index contributed by atoms with van der Waals surface area (Å²) in [6.45, 7) is 2.85. The third kappa shape index (κ3) is 5.04. The average molecular weight is 287 g/mol. The van der Waals surface area contributed by atoms with E-state index in [2.05, 4.69) is 5.32 Å². The number of aliphatic hydroxyl groups excluding tert-OH is 1. The first kappa shape index (κ1) is 15.7. The number of hydrogen-bond acceptors (Lipinski definition) is 4. The Morgan fingerprint density at radius 2 is 2.00 bits per heavy atom. The number of nitro groups is 1. The number of anilines is 1. The fourth-order valence-electron chi connectivity index (χ4n) is 1.81. The zero-order valence-corrected chi connectivity index (χ0v) is 11.7. The van der Waals surface area contributed by atoms with Crippen LogP contribution in [0.3, 0.4) is 0 Å². The van der Waals surface area contributed by atoms with Gasteiger partial charge in [-0.05, 0) is 31.4 Å². The van der Waals surface area contributed by atoms with E-state index in [4.69, 9.17) is 16.7 Å². The van der Waals surface area contributed by atoms with Gasteiger partial charge in [-0.2, -0.15) is 0 Å². The normalized spacial score (nSPS) is 10.5. The number of unbranched alkanes of at least 4 members (excludes halogenated alkanes) is 3. The second-order valence-corrected chi connectivity index (χ2v) is 4.85. The molecule has 19 heavy (non-hydrogen) atoms. The lowest BCUT2D eigenvalue weighted by molar-refractivity contribution is -0.384. The zero-order chi connectivity index (χ0) is 14.3. The predicted octanol–water partition coefficient (Wildman–Crippen LogP) is 3.52. The van der Waals surface area contributed by atoms with Crippen LogP contribution in [0, 0.1) is 17.0 Å². The molecule has 1 rings (SSSR count). The van der Waals surface area contributed by atoms with E-state index in [-0.39, 0.29) is 17.3 Å². The summed E-state index contributed by atoms with van der Waals surface area (Å²) in [6, 6.07) is 3.08. The van der Waals surface area contributed by atoms with Crippen LogP contribution in [-0.4, -0.2) is 23.2 Å². The highest BCUT2D eigenvalue weighted by molar-refractivity contribution is 6.33. The monoisotopic (exact) mass is 286 g/mol. The van der Waals surface area contributed by atoms with Gasteiger partial charge in [0, 0.05) is 24.9 Å². The van der Waals surface area contributed by atoms with Gasteiger partial charge in [0.1, 0.15) is 5.02 Å². The standard InChI is InChI=1S/C13H19ClN2O3/c1-10-8-13(16(18)19)11(14)9-12(10)15-6-4-2-3-5-7-17/h8-9,15,17H,2-7H2,1H3. The number of nitro benzene ring substituents is 1. The van der Waals surface area contributed by atoms with Crippen molar-refractivity contribution in [3.8, 4) is 0 Å². The molecule has 0 unspecified atom stereocenters. The van der Waals surface area contributed by atoms with E-state index in [1.54, 1.807) is 6.07 Å². The van der Waals surface area contributed by atoms with E-state index in [0.29, 0.717) is 0 Å². The lowest BCUT2D eigenvalue weighted by atomic mass is 10.1. The first-order valence-corrected chi connectivity index (χ1v) is 6.73. The van der Waals surface area contributed by atoms with Gasteiger partial charge in [-0.15, -0.1) is 0 Å². The van der Waals surface area contributed by atoms with Crippen LogP contribution in [0.25, 0.3) is 0 Å². The molecule has 0 radical (unpaired) electrons. The minimum atomic E-state index is -0.478. The summed E-state index contributed by atoms with van der Waals surface area (Å²) < 4.78 is 0. The van der Waals surface area contributed by atoms with Crippen LogP contribution in [0.2, 0.25) is 5.02 Å². The van der Waals surface area contributed by atoms with Crippen molar-refractivity contribution in [3.63, 3.8) is 0 Å². The minimum absolute atomic E-state index is 0.0623. The minimum Gasteiger partial charge on any atom is -0.396 e. The van der Waals surface area contributed by atoms with Crippen LogP contribution >= 0.6 is 11.6 Å². The van der Waals surface area contributed by atoms with E-state index in [9.17, 15) is 10.1 Å². The molecular weight excluding hydrogens is 268 g/mol. The molecule has 0 fully saturated rings. The molecule has 0 amide bonds. The lowest BCUT2D eigenvalue weighted by Crippen LogP contribution is -2.04. The van der Waals surface area contributed by atoms with E-state index < -0.39 is 4.92 Å². The van der Waals surface area contributed by atoms with Gasteiger partial charge in [-0.1, -0.05) is 24.4 Å². The van der Waals surface area contributed by atoms with E-state index >= 15 is 0 Å². The van der Waals surface area contributed by atoms with Gasteiger partial charge in [0.25, 0.3) is 5.69 Å². The van der Waals surface area contributed by atoms with Crippen LogP contribution in [0.15, 0.2) is 12.1 Å². The molecule has 0 bridgehead atoms. The first-order chi connectivity index (χ1) is 9.06. The Balaban J connectivity index is 2.50. The molecule has 106 valence electrons. The van der Waals surface area contributed by atoms with Crippen molar-refractivity contribution in [3.05, 3.63) is 32.8 Å². The lowest BCUT2D eigenvalue weighted by Gasteiger charge is -2.10. The Kier molecular flexibility index (Phi) is 6.59. The van der Waals surface area contributed by atoms with E-state index in [1.165, 1.54) is 6.07 Å². The average Bonchev–Trinajstić information content (AvgIpc) is 2.36. The van der Waals surface area contributed by atoms with Gasteiger partial charge < -0.3 is 10.4 Å². The molecular formula is C13H19ClN2O3. The summed E-state index contributed by atoms with van der Waals surface area (Å²) in [5.74, 6) is 0. The van der Waals surface area contributed by atoms with E-state index in [1.807, 2.05) is 6.92 Å². The van der Waals surface area contributed by atoms with Crippen LogP contribution in [-0.2, 0) is 0 Å². The maximum Gasteiger partial charge on any atom is 0.288 e. The molecule has 0 aliphatic heterocycles. The van der Waals surface area contributed by atoms with Gasteiger partial charge in [-0.25, -0.2) is 0 Å². The maximum absolute atomic E-state index is 10.7. The molecule has 0 spiro atoms. The number of rotatable bonds is 8. The van der Waals surface area contributed by atoms with Gasteiger partial charge in [0.15, 0.2) is 0 Å². The Morgan fingerprint density at radius 1 is 1.32 bits per heavy atom. The van der Waals surface area contributed by atoms with Gasteiger partial charge in [0.05, 0.1) is 4.92 Å². The molecule has 2 N–H and O–H groups in total. The molecule has 0 saturated heterocycles. The second-order valence-electron chi connectivity index (χ2n) is 4.44. The molecule has 0 aliphatic rings. The van der Waals surface area contributed by atoms with Crippen molar-refractivity contribution in [2.75, 3.05) is 18.5 Å². The Bertz CT molecular complexity index is 438. The van der Waals surface area contributed by atoms with Crippen molar-refractivity contribution in [1.82, 2.24) is 0 Å². The summed E-state index contributed by atoms with van der Waals surface area (Å²) in [6.07, 6.45) is 3.89. The number of aliphatic hydroxyl groups is 1. The molecule has 1 aromatic rings. The molecule has 0 aliphatic carbocycles. The summed E-state index contributed by atoms with van der Waals surface area (Å²) in [5, 5.41) is 22.8. The first-order valence-electron chi connectivity index (χ1n) is 6.35. The highest BCUT2D eigenvalue weighted by Crippen LogP contribution is 2.30. The summed E-state index contributed by atoms with van der Waals surface area (Å²) >= 11 is 5.87. The fourth-order valence-corrected chi connectivity index (χ4v) is 2.04. The van der Waals surface area contributed by atoms with Crippen molar-refractivity contribution >= 4 is 23.0 Å². The Morgan fingerprint density at radius 3 is 2.63 bits per heavy atom. The van der Waals surface area contributed by atoms with Crippen LogP contribution in [0.5, 0.6) is 0 Å². The number of hydrogen-bond donors (Lipinski definition) is 2. The Hall–Kier alpha value is -1.33. The predicted molar refractivity (Wildman–Crippen MR) is 76.9 cm³/mol. The van der Waals surface area contributed by atoms with Crippen LogP contribution in [0.4, 0.5) is 11.4 Å². The summed E-state index contributed by atoms with van der Waals surface area (Å²) in [7, 11) is 0. The molecule has 5 nitrogen and oxygen atoms in total. The topological polar surface area (TPSA) is 75.4 Å². The van der Waals surface area contributed by atoms with Crippen molar-refractivity contribution in [1.29, 1.82) is 0 Å².